The molecule has 2 heterocycles. The Morgan fingerprint density at radius 1 is 1.11 bits per heavy atom. The van der Waals surface area contributed by atoms with E-state index >= 15 is 0 Å². The molecule has 0 saturated carbocycles. The van der Waals surface area contributed by atoms with E-state index in [-0.39, 0.29) is 5.91 Å². The molecule has 6 heteroatoms. The third kappa shape index (κ3) is 2.62. The third-order valence-electron chi connectivity index (χ3n) is 3.72. The minimum atomic E-state index is -0.175. The predicted molar refractivity (Wildman–Crippen MR) is 72.0 cm³/mol. The molecule has 0 fully saturated rings. The van der Waals surface area contributed by atoms with Gasteiger partial charge in [-0.3, -0.25) is 25.7 Å². The Kier molecular flexibility index (Phi) is 3.48. The number of rotatable bonds is 1. The topological polar surface area (TPSA) is 82.2 Å². The summed E-state index contributed by atoms with van der Waals surface area (Å²) in [5.41, 5.74) is 8.35. The van der Waals surface area contributed by atoms with Gasteiger partial charge in [-0.25, -0.2) is 0 Å². The Labute approximate surface area is 112 Å². The molecular formula is C13H19N5O. The SMILES string of the molecule is O=C(NNC1=NCCCCC1)c1n[nH]c2c1CCC2. The zero-order chi connectivity index (χ0) is 13.1. The standard InChI is InChI=1S/C13H19N5O/c19-13(12-9-5-4-6-10(9)15-17-12)18-16-11-7-2-1-3-8-14-11/h1-8H2,(H,14,16)(H,15,17)(H,18,19). The predicted octanol–water partition coefficient (Wildman–Crippen LogP) is 1.11. The summed E-state index contributed by atoms with van der Waals surface area (Å²) in [7, 11) is 0. The van der Waals surface area contributed by atoms with E-state index in [4.69, 9.17) is 0 Å². The summed E-state index contributed by atoms with van der Waals surface area (Å²) in [5.74, 6) is 0.698. The van der Waals surface area contributed by atoms with Crippen LogP contribution in [0.5, 0.6) is 0 Å². The van der Waals surface area contributed by atoms with Gasteiger partial charge in [0.2, 0.25) is 0 Å². The highest BCUT2D eigenvalue weighted by Gasteiger charge is 2.23. The average molecular weight is 261 g/mol. The molecule has 2 aliphatic rings. The molecule has 1 aliphatic carbocycles. The number of aromatic nitrogens is 2. The van der Waals surface area contributed by atoms with Crippen molar-refractivity contribution in [3.05, 3.63) is 17.0 Å². The molecule has 1 aromatic heterocycles. The molecule has 102 valence electrons. The van der Waals surface area contributed by atoms with Crippen molar-refractivity contribution >= 4 is 11.7 Å². The van der Waals surface area contributed by atoms with E-state index in [1.807, 2.05) is 0 Å². The van der Waals surface area contributed by atoms with Gasteiger partial charge in [0.25, 0.3) is 5.91 Å². The van der Waals surface area contributed by atoms with Crippen molar-refractivity contribution in [1.29, 1.82) is 0 Å². The van der Waals surface area contributed by atoms with Crippen molar-refractivity contribution in [2.45, 2.75) is 44.9 Å². The molecule has 0 radical (unpaired) electrons. The molecule has 1 amide bonds. The molecule has 0 unspecified atom stereocenters. The minimum absolute atomic E-state index is 0.175. The molecule has 19 heavy (non-hydrogen) atoms. The first-order valence-corrected chi connectivity index (χ1v) is 7.00. The number of hydrogen-bond acceptors (Lipinski definition) is 4. The number of nitrogens with zero attached hydrogens (tertiary/aromatic N) is 2. The minimum Gasteiger partial charge on any atom is -0.285 e. The van der Waals surface area contributed by atoms with Crippen LogP contribution >= 0.6 is 0 Å². The lowest BCUT2D eigenvalue weighted by Crippen LogP contribution is -2.42. The van der Waals surface area contributed by atoms with Gasteiger partial charge in [0.15, 0.2) is 5.69 Å². The molecule has 0 bridgehead atoms. The van der Waals surface area contributed by atoms with Crippen molar-refractivity contribution in [2.24, 2.45) is 4.99 Å². The molecular weight excluding hydrogens is 242 g/mol. The van der Waals surface area contributed by atoms with Crippen LogP contribution in [0.4, 0.5) is 0 Å². The maximum atomic E-state index is 12.1. The second-order valence-electron chi connectivity index (χ2n) is 5.10. The van der Waals surface area contributed by atoms with Crippen LogP contribution in [-0.4, -0.2) is 28.5 Å². The zero-order valence-corrected chi connectivity index (χ0v) is 11.0. The van der Waals surface area contributed by atoms with Crippen LogP contribution in [0.15, 0.2) is 4.99 Å². The number of hydrazine groups is 1. The molecule has 0 spiro atoms. The number of hydrogen-bond donors (Lipinski definition) is 3. The number of aromatic amines is 1. The summed E-state index contributed by atoms with van der Waals surface area (Å²) in [6.45, 7) is 0.843. The summed E-state index contributed by atoms with van der Waals surface area (Å²) < 4.78 is 0. The van der Waals surface area contributed by atoms with E-state index in [0.717, 1.165) is 62.2 Å². The molecule has 6 nitrogen and oxygen atoms in total. The van der Waals surface area contributed by atoms with Gasteiger partial charge in [-0.1, -0.05) is 6.42 Å². The van der Waals surface area contributed by atoms with Crippen LogP contribution in [-0.2, 0) is 12.8 Å². The van der Waals surface area contributed by atoms with E-state index in [0.29, 0.717) is 5.69 Å². The molecule has 0 atom stereocenters. The lowest BCUT2D eigenvalue weighted by Gasteiger charge is -2.09. The van der Waals surface area contributed by atoms with Crippen molar-refractivity contribution in [1.82, 2.24) is 21.0 Å². The van der Waals surface area contributed by atoms with E-state index in [2.05, 4.69) is 26.0 Å². The summed E-state index contributed by atoms with van der Waals surface area (Å²) in [5, 5.41) is 7.05. The Morgan fingerprint density at radius 3 is 3.00 bits per heavy atom. The van der Waals surface area contributed by atoms with Crippen LogP contribution in [0.1, 0.15) is 53.8 Å². The fourth-order valence-electron chi connectivity index (χ4n) is 2.67. The van der Waals surface area contributed by atoms with E-state index < -0.39 is 0 Å². The third-order valence-corrected chi connectivity index (χ3v) is 3.72. The monoisotopic (exact) mass is 261 g/mol. The number of aliphatic imine (C=N–C) groups is 1. The maximum absolute atomic E-state index is 12.1. The summed E-state index contributed by atoms with van der Waals surface area (Å²) in [4.78, 5) is 16.5. The highest BCUT2D eigenvalue weighted by atomic mass is 16.2. The fourth-order valence-corrected chi connectivity index (χ4v) is 2.67. The number of aryl methyl sites for hydroxylation is 1. The van der Waals surface area contributed by atoms with E-state index in [1.54, 1.807) is 0 Å². The van der Waals surface area contributed by atoms with Crippen LogP contribution in [0.3, 0.4) is 0 Å². The number of H-pyrrole nitrogens is 1. The Morgan fingerprint density at radius 2 is 2.05 bits per heavy atom. The number of fused-ring (bicyclic) bond motifs is 1. The first-order chi connectivity index (χ1) is 9.34. The molecule has 0 saturated heterocycles. The molecule has 1 aromatic rings. The van der Waals surface area contributed by atoms with Gasteiger partial charge in [0.1, 0.15) is 5.84 Å². The van der Waals surface area contributed by atoms with Gasteiger partial charge >= 0.3 is 0 Å². The molecule has 0 aromatic carbocycles. The summed E-state index contributed by atoms with van der Waals surface area (Å²) >= 11 is 0. The van der Waals surface area contributed by atoms with Gasteiger partial charge in [-0.2, -0.15) is 5.10 Å². The van der Waals surface area contributed by atoms with Crippen molar-refractivity contribution < 1.29 is 4.79 Å². The van der Waals surface area contributed by atoms with Crippen LogP contribution in [0.2, 0.25) is 0 Å². The van der Waals surface area contributed by atoms with Crippen LogP contribution in [0, 0.1) is 0 Å². The number of nitrogens with one attached hydrogen (secondary N) is 3. The first-order valence-electron chi connectivity index (χ1n) is 7.00. The Hall–Kier alpha value is -1.85. The lowest BCUT2D eigenvalue weighted by molar-refractivity contribution is 0.0937. The normalized spacial score (nSPS) is 18.4. The summed E-state index contributed by atoms with van der Waals surface area (Å²) in [6.07, 6.45) is 7.40. The quantitative estimate of drug-likeness (QED) is 0.662. The zero-order valence-electron chi connectivity index (χ0n) is 11.0. The van der Waals surface area contributed by atoms with Crippen molar-refractivity contribution in [3.63, 3.8) is 0 Å². The number of carbonyl (C=O) groups is 1. The van der Waals surface area contributed by atoms with Gasteiger partial charge < -0.3 is 0 Å². The highest BCUT2D eigenvalue weighted by molar-refractivity contribution is 5.95. The smallest absolute Gasteiger partial charge is 0.285 e. The highest BCUT2D eigenvalue weighted by Crippen LogP contribution is 2.22. The van der Waals surface area contributed by atoms with Gasteiger partial charge in [0, 0.05) is 24.2 Å². The van der Waals surface area contributed by atoms with E-state index in [1.165, 1.54) is 6.42 Å². The average Bonchev–Trinajstić information content (AvgIpc) is 2.92. The van der Waals surface area contributed by atoms with Crippen LogP contribution < -0.4 is 10.9 Å². The summed E-state index contributed by atoms with van der Waals surface area (Å²) in [6, 6.07) is 0. The van der Waals surface area contributed by atoms with Gasteiger partial charge in [0.05, 0.1) is 0 Å². The van der Waals surface area contributed by atoms with E-state index in [9.17, 15) is 4.79 Å². The second kappa shape index (κ2) is 5.42. The number of amidine groups is 1. The lowest BCUT2D eigenvalue weighted by atomic mass is 10.2. The van der Waals surface area contributed by atoms with Crippen molar-refractivity contribution in [2.75, 3.05) is 6.54 Å². The van der Waals surface area contributed by atoms with Crippen molar-refractivity contribution in [3.8, 4) is 0 Å². The largest absolute Gasteiger partial charge is 0.290 e. The Balaban J connectivity index is 1.60. The van der Waals surface area contributed by atoms with Gasteiger partial charge in [-0.15, -0.1) is 0 Å². The second-order valence-corrected chi connectivity index (χ2v) is 5.10. The molecule has 3 N–H and O–H groups in total. The molecule has 3 rings (SSSR count). The first kappa shape index (κ1) is 12.2. The van der Waals surface area contributed by atoms with Crippen LogP contribution in [0.25, 0.3) is 0 Å². The number of carbonyl (C=O) groups excluding carboxylic acids is 1. The number of amides is 1. The Bertz CT molecular complexity index is 505. The fraction of sp³-hybridized carbons (Fsp3) is 0.615. The van der Waals surface area contributed by atoms with Gasteiger partial charge in [-0.05, 0) is 32.1 Å². The molecule has 1 aliphatic heterocycles. The maximum Gasteiger partial charge on any atom is 0.290 e.